The summed E-state index contributed by atoms with van der Waals surface area (Å²) in [5, 5.41) is 17.8. The minimum atomic E-state index is -0.248. The third kappa shape index (κ3) is 7.69. The molecule has 0 saturated heterocycles. The Bertz CT molecular complexity index is 1100. The van der Waals surface area contributed by atoms with E-state index >= 15 is 0 Å². The summed E-state index contributed by atoms with van der Waals surface area (Å²) >= 11 is 6.98. The van der Waals surface area contributed by atoms with Gasteiger partial charge in [-0.3, -0.25) is 15.6 Å². The van der Waals surface area contributed by atoms with E-state index in [0.29, 0.717) is 16.4 Å². The molecule has 9 heteroatoms. The summed E-state index contributed by atoms with van der Waals surface area (Å²) in [6.07, 6.45) is 0. The van der Waals surface area contributed by atoms with Crippen LogP contribution in [-0.4, -0.2) is 16.0 Å². The Kier molecular flexibility index (Phi) is 8.33. The number of azo groups is 1. The Balaban J connectivity index is 1.82. The molecule has 0 aliphatic rings. The Labute approximate surface area is 189 Å². The predicted octanol–water partition coefficient (Wildman–Crippen LogP) is 6.55. The van der Waals surface area contributed by atoms with E-state index in [-0.39, 0.29) is 16.0 Å². The molecule has 0 bridgehead atoms. The zero-order valence-electron chi connectivity index (χ0n) is 16.6. The molecule has 0 spiro atoms. The lowest BCUT2D eigenvalue weighted by Gasteiger charge is -2.05. The highest BCUT2D eigenvalue weighted by atomic mass is 35.5. The number of halogens is 1. The maximum absolute atomic E-state index is 12.2. The normalized spacial score (nSPS) is 12.1. The number of nitrogens with one attached hydrogen (secondary N) is 2. The number of ketones is 1. The third-order valence-electron chi connectivity index (χ3n) is 3.66. The first kappa shape index (κ1) is 22.2. The van der Waals surface area contributed by atoms with E-state index in [1.165, 1.54) is 6.92 Å². The fourth-order valence-electron chi connectivity index (χ4n) is 2.22. The van der Waals surface area contributed by atoms with Gasteiger partial charge in [0.25, 0.3) is 0 Å². The van der Waals surface area contributed by atoms with Crippen molar-refractivity contribution in [3.63, 3.8) is 0 Å². The van der Waals surface area contributed by atoms with Crippen LogP contribution in [0.5, 0.6) is 0 Å². The number of hydrazone groups is 2. The number of nitrogens with zero attached hydrogens (tertiary/aromatic N) is 4. The van der Waals surface area contributed by atoms with E-state index in [1.54, 1.807) is 24.3 Å². The van der Waals surface area contributed by atoms with E-state index in [0.717, 1.165) is 17.4 Å². The standard InChI is InChI=1S/C22H19ClN6OS/c1-16(30)21(27-26-20-14-8-9-17(23)15-20)31-22(28-24-18-10-4-2-5-11-18)29-25-19-12-6-3-7-13-19/h2-15,24,26H,1H3. The van der Waals surface area contributed by atoms with Gasteiger partial charge in [0.2, 0.25) is 5.17 Å². The van der Waals surface area contributed by atoms with Crippen LogP contribution < -0.4 is 10.9 Å². The van der Waals surface area contributed by atoms with Crippen molar-refractivity contribution < 1.29 is 4.79 Å². The summed E-state index contributed by atoms with van der Waals surface area (Å²) in [5.41, 5.74) is 7.83. The van der Waals surface area contributed by atoms with Crippen LogP contribution in [0.25, 0.3) is 0 Å². The monoisotopic (exact) mass is 450 g/mol. The van der Waals surface area contributed by atoms with Crippen molar-refractivity contribution in [3.8, 4) is 0 Å². The summed E-state index contributed by atoms with van der Waals surface area (Å²) in [7, 11) is 0. The van der Waals surface area contributed by atoms with Crippen LogP contribution in [0.15, 0.2) is 105 Å². The smallest absolute Gasteiger partial charge is 0.233 e. The molecular formula is C22H19ClN6OS. The van der Waals surface area contributed by atoms with Crippen LogP contribution in [0.4, 0.5) is 17.1 Å². The molecule has 156 valence electrons. The molecule has 0 atom stereocenters. The van der Waals surface area contributed by atoms with Crippen molar-refractivity contribution in [3.05, 3.63) is 90.0 Å². The molecule has 0 fully saturated rings. The highest BCUT2D eigenvalue weighted by Crippen LogP contribution is 2.18. The second-order valence-electron chi connectivity index (χ2n) is 6.11. The Morgan fingerprint density at radius 1 is 0.839 bits per heavy atom. The lowest BCUT2D eigenvalue weighted by Crippen LogP contribution is -2.11. The SMILES string of the molecule is CC(=O)C(=NNc1cccc(Cl)c1)SC(N=Nc1ccccc1)=NNc1ccccc1. The summed E-state index contributed by atoms with van der Waals surface area (Å²) in [5.74, 6) is -0.248. The number of hydrogen-bond donors (Lipinski definition) is 2. The molecule has 31 heavy (non-hydrogen) atoms. The molecular weight excluding hydrogens is 432 g/mol. The quantitative estimate of drug-likeness (QED) is 0.193. The van der Waals surface area contributed by atoms with E-state index in [4.69, 9.17) is 11.6 Å². The largest absolute Gasteiger partial charge is 0.292 e. The van der Waals surface area contributed by atoms with Crippen LogP contribution in [0.1, 0.15) is 6.92 Å². The summed E-state index contributed by atoms with van der Waals surface area (Å²) < 4.78 is 0. The fourth-order valence-corrected chi connectivity index (χ4v) is 2.99. The first-order chi connectivity index (χ1) is 15.1. The van der Waals surface area contributed by atoms with E-state index < -0.39 is 0 Å². The number of carbonyl (C=O) groups excluding carboxylic acids is 1. The molecule has 7 nitrogen and oxygen atoms in total. The third-order valence-corrected chi connectivity index (χ3v) is 4.82. The molecule has 0 aliphatic heterocycles. The number of benzene rings is 3. The minimum Gasteiger partial charge on any atom is -0.292 e. The Hall–Kier alpha value is -3.49. The van der Waals surface area contributed by atoms with Gasteiger partial charge in [-0.15, -0.1) is 15.3 Å². The number of thioether (sulfide) groups is 1. The first-order valence-electron chi connectivity index (χ1n) is 9.24. The number of hydrogen-bond acceptors (Lipinski definition) is 7. The molecule has 3 aromatic carbocycles. The minimum absolute atomic E-state index is 0.167. The van der Waals surface area contributed by atoms with Crippen molar-refractivity contribution in [2.24, 2.45) is 20.4 Å². The van der Waals surface area contributed by atoms with E-state index in [1.807, 2.05) is 60.7 Å². The van der Waals surface area contributed by atoms with Crippen molar-refractivity contribution in [2.75, 3.05) is 10.9 Å². The average molecular weight is 451 g/mol. The van der Waals surface area contributed by atoms with Gasteiger partial charge in [-0.1, -0.05) is 54.1 Å². The molecule has 0 heterocycles. The van der Waals surface area contributed by atoms with Crippen LogP contribution >= 0.6 is 23.4 Å². The highest BCUT2D eigenvalue weighted by molar-refractivity contribution is 8.28. The molecule has 3 aromatic rings. The van der Waals surface area contributed by atoms with Gasteiger partial charge >= 0.3 is 0 Å². The zero-order chi connectivity index (χ0) is 21.9. The fraction of sp³-hybridized carbons (Fsp3) is 0.0455. The van der Waals surface area contributed by atoms with E-state index in [9.17, 15) is 4.79 Å². The van der Waals surface area contributed by atoms with Gasteiger partial charge in [-0.2, -0.15) is 5.10 Å². The van der Waals surface area contributed by atoms with Gasteiger partial charge in [0, 0.05) is 11.9 Å². The molecule has 2 N–H and O–H groups in total. The van der Waals surface area contributed by atoms with Gasteiger partial charge in [-0.25, -0.2) is 0 Å². The molecule has 0 aliphatic carbocycles. The number of Topliss-reactive ketones (excluding diaryl/α,β-unsaturated/α-hetero) is 1. The number of rotatable bonds is 6. The van der Waals surface area contributed by atoms with Crippen molar-refractivity contribution >= 4 is 56.4 Å². The van der Waals surface area contributed by atoms with Crippen LogP contribution in [0.3, 0.4) is 0 Å². The van der Waals surface area contributed by atoms with Crippen LogP contribution in [-0.2, 0) is 4.79 Å². The number of amidine groups is 1. The number of carbonyl (C=O) groups is 1. The molecule has 3 rings (SSSR count). The topological polar surface area (TPSA) is 90.6 Å². The van der Waals surface area contributed by atoms with Crippen LogP contribution in [0, 0.1) is 0 Å². The predicted molar refractivity (Wildman–Crippen MR) is 129 cm³/mol. The highest BCUT2D eigenvalue weighted by Gasteiger charge is 2.13. The van der Waals surface area contributed by atoms with Gasteiger partial charge in [0.1, 0.15) is 0 Å². The molecule has 0 unspecified atom stereocenters. The van der Waals surface area contributed by atoms with E-state index in [2.05, 4.69) is 31.3 Å². The summed E-state index contributed by atoms with van der Waals surface area (Å²) in [6, 6.07) is 25.7. The maximum Gasteiger partial charge on any atom is 0.233 e. The van der Waals surface area contributed by atoms with Gasteiger partial charge < -0.3 is 0 Å². The second-order valence-corrected chi connectivity index (χ2v) is 7.50. The first-order valence-corrected chi connectivity index (χ1v) is 10.4. The molecule has 0 radical (unpaired) electrons. The van der Waals surface area contributed by atoms with Crippen molar-refractivity contribution in [1.82, 2.24) is 0 Å². The van der Waals surface area contributed by atoms with Gasteiger partial charge in [-0.05, 0) is 54.2 Å². The van der Waals surface area contributed by atoms with Crippen molar-refractivity contribution in [1.29, 1.82) is 0 Å². The Morgan fingerprint density at radius 2 is 1.48 bits per heavy atom. The molecule has 0 saturated carbocycles. The lowest BCUT2D eigenvalue weighted by molar-refractivity contribution is -0.110. The summed E-state index contributed by atoms with van der Waals surface area (Å²) in [6.45, 7) is 1.42. The van der Waals surface area contributed by atoms with Crippen molar-refractivity contribution in [2.45, 2.75) is 6.92 Å². The Morgan fingerprint density at radius 3 is 2.16 bits per heavy atom. The maximum atomic E-state index is 12.2. The lowest BCUT2D eigenvalue weighted by atomic mass is 10.3. The van der Waals surface area contributed by atoms with Gasteiger partial charge in [0.05, 0.1) is 17.1 Å². The zero-order valence-corrected chi connectivity index (χ0v) is 18.1. The van der Waals surface area contributed by atoms with Crippen LogP contribution in [0.2, 0.25) is 5.02 Å². The number of anilines is 2. The second kappa shape index (κ2) is 11.6. The molecule has 0 amide bonds. The average Bonchev–Trinajstić information content (AvgIpc) is 2.79. The summed E-state index contributed by atoms with van der Waals surface area (Å²) in [4.78, 5) is 12.2. The van der Waals surface area contributed by atoms with Gasteiger partial charge in [0.15, 0.2) is 10.8 Å². The molecule has 0 aromatic heterocycles. The number of para-hydroxylation sites is 1.